The smallest absolute Gasteiger partial charge is 0.176 e. The quantitative estimate of drug-likeness (QED) is 0.806. The molecular formula is C14H19NO2. The molecule has 3 nitrogen and oxygen atoms in total. The van der Waals surface area contributed by atoms with Crippen molar-refractivity contribution in [1.82, 2.24) is 4.90 Å². The molecule has 1 aromatic carbocycles. The van der Waals surface area contributed by atoms with E-state index in [1.807, 2.05) is 37.3 Å². The molecule has 1 aliphatic rings. The Kier molecular flexibility index (Phi) is 3.92. The summed E-state index contributed by atoms with van der Waals surface area (Å²) in [5.41, 5.74) is 0.770. The zero-order valence-corrected chi connectivity index (χ0v) is 10.2. The van der Waals surface area contributed by atoms with Crippen molar-refractivity contribution in [3.63, 3.8) is 0 Å². The highest BCUT2D eigenvalue weighted by molar-refractivity contribution is 5.97. The molecular weight excluding hydrogens is 214 g/mol. The molecule has 1 aliphatic heterocycles. The van der Waals surface area contributed by atoms with Crippen molar-refractivity contribution >= 4 is 5.78 Å². The molecule has 2 unspecified atom stereocenters. The number of piperidine rings is 1. The van der Waals surface area contributed by atoms with Crippen molar-refractivity contribution in [2.45, 2.75) is 19.4 Å². The van der Waals surface area contributed by atoms with E-state index in [1.165, 1.54) is 0 Å². The molecule has 17 heavy (non-hydrogen) atoms. The van der Waals surface area contributed by atoms with Crippen molar-refractivity contribution in [3.05, 3.63) is 35.9 Å². The Morgan fingerprint density at radius 3 is 2.76 bits per heavy atom. The summed E-state index contributed by atoms with van der Waals surface area (Å²) in [6.45, 7) is 4.11. The molecule has 0 spiro atoms. The first-order valence-electron chi connectivity index (χ1n) is 6.15. The average molecular weight is 233 g/mol. The number of hydrogen-bond donors (Lipinski definition) is 1. The molecule has 3 heteroatoms. The van der Waals surface area contributed by atoms with Crippen LogP contribution in [-0.2, 0) is 0 Å². The first kappa shape index (κ1) is 12.3. The molecule has 0 radical (unpaired) electrons. The van der Waals surface area contributed by atoms with E-state index in [4.69, 9.17) is 0 Å². The number of nitrogens with zero attached hydrogens (tertiary/aromatic N) is 1. The molecule has 0 amide bonds. The minimum atomic E-state index is -0.210. The summed E-state index contributed by atoms with van der Waals surface area (Å²) < 4.78 is 0. The highest BCUT2D eigenvalue weighted by Gasteiger charge is 2.25. The van der Waals surface area contributed by atoms with E-state index in [0.717, 1.165) is 25.1 Å². The van der Waals surface area contributed by atoms with Gasteiger partial charge in [-0.15, -0.1) is 0 Å². The SMILES string of the molecule is CC1CN(CC(=O)c2ccccc2)CCC1O. The summed E-state index contributed by atoms with van der Waals surface area (Å²) in [6, 6.07) is 9.39. The van der Waals surface area contributed by atoms with Crippen LogP contribution in [0.15, 0.2) is 30.3 Å². The lowest BCUT2D eigenvalue weighted by atomic mass is 9.96. The molecule has 0 saturated carbocycles. The minimum absolute atomic E-state index is 0.161. The normalized spacial score (nSPS) is 25.8. The Labute approximate surface area is 102 Å². The summed E-state index contributed by atoms with van der Waals surface area (Å²) in [6.07, 6.45) is 0.557. The summed E-state index contributed by atoms with van der Waals surface area (Å²) >= 11 is 0. The Morgan fingerprint density at radius 2 is 2.12 bits per heavy atom. The molecule has 1 N–H and O–H groups in total. The molecule has 1 heterocycles. The van der Waals surface area contributed by atoms with Crippen LogP contribution in [0.1, 0.15) is 23.7 Å². The van der Waals surface area contributed by atoms with Crippen LogP contribution in [0.5, 0.6) is 0 Å². The fourth-order valence-corrected chi connectivity index (χ4v) is 2.28. The van der Waals surface area contributed by atoms with Gasteiger partial charge in [0.15, 0.2) is 5.78 Å². The van der Waals surface area contributed by atoms with Crippen LogP contribution in [-0.4, -0.2) is 41.5 Å². The van der Waals surface area contributed by atoms with Crippen LogP contribution >= 0.6 is 0 Å². The second-order valence-electron chi connectivity index (χ2n) is 4.86. The lowest BCUT2D eigenvalue weighted by Crippen LogP contribution is -2.44. The maximum absolute atomic E-state index is 12.0. The topological polar surface area (TPSA) is 40.5 Å². The lowest BCUT2D eigenvalue weighted by Gasteiger charge is -2.33. The second kappa shape index (κ2) is 5.43. The molecule has 0 aromatic heterocycles. The minimum Gasteiger partial charge on any atom is -0.393 e. The number of aliphatic hydroxyl groups is 1. The van der Waals surface area contributed by atoms with Gasteiger partial charge in [-0.05, 0) is 12.3 Å². The van der Waals surface area contributed by atoms with Crippen molar-refractivity contribution in [1.29, 1.82) is 0 Å². The van der Waals surface area contributed by atoms with Crippen LogP contribution in [0.25, 0.3) is 0 Å². The third-order valence-electron chi connectivity index (χ3n) is 3.41. The number of carbonyl (C=O) groups excluding carboxylic acids is 1. The Morgan fingerprint density at radius 1 is 1.41 bits per heavy atom. The maximum Gasteiger partial charge on any atom is 0.176 e. The Bertz CT molecular complexity index is 377. The molecule has 1 aromatic rings. The monoisotopic (exact) mass is 233 g/mol. The van der Waals surface area contributed by atoms with E-state index in [-0.39, 0.29) is 17.8 Å². The molecule has 0 bridgehead atoms. The van der Waals surface area contributed by atoms with E-state index in [0.29, 0.717) is 6.54 Å². The van der Waals surface area contributed by atoms with Gasteiger partial charge < -0.3 is 5.11 Å². The molecule has 92 valence electrons. The largest absolute Gasteiger partial charge is 0.393 e. The van der Waals surface area contributed by atoms with E-state index < -0.39 is 0 Å². The van der Waals surface area contributed by atoms with Crippen LogP contribution in [0.4, 0.5) is 0 Å². The van der Waals surface area contributed by atoms with Gasteiger partial charge in [-0.3, -0.25) is 9.69 Å². The Hall–Kier alpha value is -1.19. The van der Waals surface area contributed by atoms with Crippen LogP contribution < -0.4 is 0 Å². The summed E-state index contributed by atoms with van der Waals surface area (Å²) in [5.74, 6) is 0.418. The van der Waals surface area contributed by atoms with E-state index >= 15 is 0 Å². The number of hydrogen-bond acceptors (Lipinski definition) is 3. The van der Waals surface area contributed by atoms with Gasteiger partial charge in [-0.2, -0.15) is 0 Å². The van der Waals surface area contributed by atoms with Gasteiger partial charge >= 0.3 is 0 Å². The molecule has 1 fully saturated rings. The van der Waals surface area contributed by atoms with Gasteiger partial charge in [-0.1, -0.05) is 37.3 Å². The van der Waals surface area contributed by atoms with Gasteiger partial charge in [0, 0.05) is 18.7 Å². The van der Waals surface area contributed by atoms with Crippen LogP contribution in [0.3, 0.4) is 0 Å². The van der Waals surface area contributed by atoms with E-state index in [1.54, 1.807) is 0 Å². The molecule has 1 saturated heterocycles. The first-order chi connectivity index (χ1) is 8.16. The standard InChI is InChI=1S/C14H19NO2/c1-11-9-15(8-7-13(11)16)10-14(17)12-5-3-2-4-6-12/h2-6,11,13,16H,7-10H2,1H3. The van der Waals surface area contributed by atoms with Crippen molar-refractivity contribution < 1.29 is 9.90 Å². The number of likely N-dealkylation sites (tertiary alicyclic amines) is 1. The molecule has 2 atom stereocenters. The van der Waals surface area contributed by atoms with Crippen molar-refractivity contribution in [2.24, 2.45) is 5.92 Å². The second-order valence-corrected chi connectivity index (χ2v) is 4.86. The van der Waals surface area contributed by atoms with Crippen molar-refractivity contribution in [3.8, 4) is 0 Å². The number of aliphatic hydroxyl groups excluding tert-OH is 1. The predicted octanol–water partition coefficient (Wildman–Crippen LogP) is 1.57. The number of rotatable bonds is 3. The van der Waals surface area contributed by atoms with Gasteiger partial charge in [0.2, 0.25) is 0 Å². The molecule has 2 rings (SSSR count). The third-order valence-corrected chi connectivity index (χ3v) is 3.41. The number of benzene rings is 1. The van der Waals surface area contributed by atoms with Crippen LogP contribution in [0, 0.1) is 5.92 Å². The zero-order valence-electron chi connectivity index (χ0n) is 10.2. The Balaban J connectivity index is 1.92. The lowest BCUT2D eigenvalue weighted by molar-refractivity contribution is 0.0344. The zero-order chi connectivity index (χ0) is 12.3. The highest BCUT2D eigenvalue weighted by atomic mass is 16.3. The first-order valence-corrected chi connectivity index (χ1v) is 6.15. The summed E-state index contributed by atoms with van der Waals surface area (Å²) in [5, 5.41) is 9.64. The maximum atomic E-state index is 12.0. The highest BCUT2D eigenvalue weighted by Crippen LogP contribution is 2.16. The number of carbonyl (C=O) groups is 1. The number of ketones is 1. The fraction of sp³-hybridized carbons (Fsp3) is 0.500. The average Bonchev–Trinajstić information content (AvgIpc) is 2.35. The third kappa shape index (κ3) is 3.14. The fourth-order valence-electron chi connectivity index (χ4n) is 2.28. The van der Waals surface area contributed by atoms with Gasteiger partial charge in [-0.25, -0.2) is 0 Å². The summed E-state index contributed by atoms with van der Waals surface area (Å²) in [7, 11) is 0. The van der Waals surface area contributed by atoms with E-state index in [2.05, 4.69) is 4.90 Å². The van der Waals surface area contributed by atoms with Gasteiger partial charge in [0.05, 0.1) is 12.6 Å². The van der Waals surface area contributed by atoms with Crippen LogP contribution in [0.2, 0.25) is 0 Å². The van der Waals surface area contributed by atoms with Gasteiger partial charge in [0.25, 0.3) is 0 Å². The van der Waals surface area contributed by atoms with E-state index in [9.17, 15) is 9.90 Å². The van der Waals surface area contributed by atoms with Crippen molar-refractivity contribution in [2.75, 3.05) is 19.6 Å². The predicted molar refractivity (Wildman–Crippen MR) is 67.0 cm³/mol. The van der Waals surface area contributed by atoms with Gasteiger partial charge in [0.1, 0.15) is 0 Å². The number of Topliss-reactive ketones (excluding diaryl/α,β-unsaturated/α-hetero) is 1. The summed E-state index contributed by atoms with van der Waals surface area (Å²) in [4.78, 5) is 14.1. The molecule has 0 aliphatic carbocycles.